The number of amides is 1. The highest BCUT2D eigenvalue weighted by molar-refractivity contribution is 5.86. The largest absolute Gasteiger partial charge is 0.353 e. The highest BCUT2D eigenvalue weighted by atomic mass is 16.1. The predicted octanol–water partition coefficient (Wildman–Crippen LogP) is 6.83. The van der Waals surface area contributed by atoms with Crippen LogP contribution in [0, 0.1) is 12.8 Å². The summed E-state index contributed by atoms with van der Waals surface area (Å²) >= 11 is 0. The van der Waals surface area contributed by atoms with Crippen LogP contribution >= 0.6 is 0 Å². The van der Waals surface area contributed by atoms with Crippen LogP contribution in [0.3, 0.4) is 0 Å². The fourth-order valence-electron chi connectivity index (χ4n) is 6.57. The summed E-state index contributed by atoms with van der Waals surface area (Å²) in [5.41, 5.74) is 11.1. The Labute approximate surface area is 216 Å². The van der Waals surface area contributed by atoms with Crippen LogP contribution in [0.1, 0.15) is 93.2 Å². The van der Waals surface area contributed by atoms with E-state index < -0.39 is 0 Å². The van der Waals surface area contributed by atoms with Gasteiger partial charge < -0.3 is 15.6 Å². The molecule has 192 valence electrons. The maximum atomic E-state index is 13.4. The summed E-state index contributed by atoms with van der Waals surface area (Å²) in [5, 5.41) is 4.63. The second kappa shape index (κ2) is 11.6. The Hall–Kier alpha value is -2.59. The smallest absolute Gasteiger partial charge is 0.221 e. The molecule has 2 aliphatic carbocycles. The molecule has 2 saturated carbocycles. The third-order valence-electron chi connectivity index (χ3n) is 8.67. The normalized spacial score (nSPS) is 21.9. The van der Waals surface area contributed by atoms with Crippen LogP contribution in [0.15, 0.2) is 54.7 Å². The first-order chi connectivity index (χ1) is 17.6. The number of aryl methyl sites for hydroxylation is 2. The van der Waals surface area contributed by atoms with E-state index in [1.165, 1.54) is 66.1 Å². The lowest BCUT2D eigenvalue weighted by Gasteiger charge is -2.27. The third-order valence-corrected chi connectivity index (χ3v) is 8.67. The van der Waals surface area contributed by atoms with Crippen molar-refractivity contribution in [2.75, 3.05) is 0 Å². The number of nitrogens with one attached hydrogen (secondary N) is 1. The summed E-state index contributed by atoms with van der Waals surface area (Å²) in [6, 6.07) is 18.0. The molecule has 2 aliphatic rings. The minimum absolute atomic E-state index is 0.0385. The lowest BCUT2D eigenvalue weighted by atomic mass is 9.86. The Morgan fingerprint density at radius 1 is 1.00 bits per heavy atom. The van der Waals surface area contributed by atoms with Gasteiger partial charge in [-0.1, -0.05) is 80.1 Å². The Morgan fingerprint density at radius 2 is 1.78 bits per heavy atom. The standard InChI is InChI=1S/C32H43N3O/c1-23-8-7-11-25(20-23)29(21-32(36)34-27-16-14-26(33)15-17-27)30-22-35(31-13-6-5-12-28(30)31)19-18-24-9-3-2-4-10-24/h5-8,11-13,20,22,24,26-27,29H,2-4,9-10,14-19,21,33H2,1H3,(H,34,36)/t26-,27-,29?. The van der Waals surface area contributed by atoms with Gasteiger partial charge in [0.25, 0.3) is 0 Å². The van der Waals surface area contributed by atoms with Crippen molar-refractivity contribution in [1.82, 2.24) is 9.88 Å². The molecule has 1 aromatic heterocycles. The van der Waals surface area contributed by atoms with E-state index in [1.807, 2.05) is 0 Å². The number of hydrogen-bond acceptors (Lipinski definition) is 2. The van der Waals surface area contributed by atoms with Crippen molar-refractivity contribution in [3.63, 3.8) is 0 Å². The molecule has 0 bridgehead atoms. The van der Waals surface area contributed by atoms with Crippen LogP contribution in [-0.2, 0) is 11.3 Å². The molecule has 4 nitrogen and oxygen atoms in total. The van der Waals surface area contributed by atoms with Crippen LogP contribution in [0.2, 0.25) is 0 Å². The van der Waals surface area contributed by atoms with Gasteiger partial charge in [-0.05, 0) is 62.1 Å². The number of fused-ring (bicyclic) bond motifs is 1. The van der Waals surface area contributed by atoms with Crippen molar-refractivity contribution < 1.29 is 4.79 Å². The quantitative estimate of drug-likeness (QED) is 0.367. The van der Waals surface area contributed by atoms with Crippen molar-refractivity contribution in [3.8, 4) is 0 Å². The zero-order valence-electron chi connectivity index (χ0n) is 21.9. The van der Waals surface area contributed by atoms with Gasteiger partial charge in [-0.3, -0.25) is 4.79 Å². The molecule has 36 heavy (non-hydrogen) atoms. The molecule has 1 amide bonds. The van der Waals surface area contributed by atoms with Crippen molar-refractivity contribution in [1.29, 1.82) is 0 Å². The summed E-state index contributed by atoms with van der Waals surface area (Å²) in [5.74, 6) is 1.04. The molecule has 5 rings (SSSR count). The maximum absolute atomic E-state index is 13.4. The number of aromatic nitrogens is 1. The molecule has 0 saturated heterocycles. The molecule has 2 fully saturated rings. The lowest BCUT2D eigenvalue weighted by molar-refractivity contribution is -0.122. The second-order valence-corrected chi connectivity index (χ2v) is 11.4. The molecule has 3 N–H and O–H groups in total. The number of para-hydroxylation sites is 1. The number of nitrogens with zero attached hydrogens (tertiary/aromatic N) is 1. The van der Waals surface area contributed by atoms with Crippen molar-refractivity contribution in [2.24, 2.45) is 11.7 Å². The van der Waals surface area contributed by atoms with Crippen molar-refractivity contribution >= 4 is 16.8 Å². The van der Waals surface area contributed by atoms with Crippen LogP contribution < -0.4 is 11.1 Å². The number of rotatable bonds is 8. The predicted molar refractivity (Wildman–Crippen MR) is 149 cm³/mol. The Kier molecular flexibility index (Phi) is 8.11. The molecule has 1 atom stereocenters. The van der Waals surface area contributed by atoms with E-state index >= 15 is 0 Å². The van der Waals surface area contributed by atoms with Gasteiger partial charge in [0.2, 0.25) is 5.91 Å². The fraction of sp³-hybridized carbons (Fsp3) is 0.531. The SMILES string of the molecule is Cc1cccc(C(CC(=O)N[C@H]2CC[C@H](N)CC2)c2cn(CCC3CCCCC3)c3ccccc23)c1. The van der Waals surface area contributed by atoms with Gasteiger partial charge in [0.05, 0.1) is 0 Å². The zero-order valence-corrected chi connectivity index (χ0v) is 21.9. The first-order valence-electron chi connectivity index (χ1n) is 14.3. The Morgan fingerprint density at radius 3 is 2.56 bits per heavy atom. The molecule has 1 unspecified atom stereocenters. The monoisotopic (exact) mass is 485 g/mol. The molecule has 3 aromatic rings. The summed E-state index contributed by atoms with van der Waals surface area (Å²) in [7, 11) is 0. The van der Waals surface area contributed by atoms with Crippen LogP contribution in [0.4, 0.5) is 0 Å². The topological polar surface area (TPSA) is 60.1 Å². The molecular weight excluding hydrogens is 442 g/mol. The van der Waals surface area contributed by atoms with Crippen molar-refractivity contribution in [2.45, 2.75) is 102 Å². The maximum Gasteiger partial charge on any atom is 0.221 e. The minimum Gasteiger partial charge on any atom is -0.353 e. The molecule has 0 radical (unpaired) electrons. The second-order valence-electron chi connectivity index (χ2n) is 11.4. The van der Waals surface area contributed by atoms with Gasteiger partial charge >= 0.3 is 0 Å². The summed E-state index contributed by atoms with van der Waals surface area (Å²) in [4.78, 5) is 13.4. The first-order valence-corrected chi connectivity index (χ1v) is 14.3. The highest BCUT2D eigenvalue weighted by Crippen LogP contribution is 2.36. The Bertz CT molecular complexity index is 1150. The average molecular weight is 486 g/mol. The number of carbonyl (C=O) groups is 1. The highest BCUT2D eigenvalue weighted by Gasteiger charge is 2.26. The van der Waals surface area contributed by atoms with Crippen LogP contribution in [0.25, 0.3) is 10.9 Å². The van der Waals surface area contributed by atoms with Crippen LogP contribution in [0.5, 0.6) is 0 Å². The molecule has 0 spiro atoms. The number of nitrogens with two attached hydrogens (primary N) is 1. The van der Waals surface area contributed by atoms with E-state index in [1.54, 1.807) is 0 Å². The number of benzene rings is 2. The Balaban J connectivity index is 1.42. The van der Waals surface area contributed by atoms with E-state index in [4.69, 9.17) is 5.73 Å². The molecule has 2 aromatic carbocycles. The number of hydrogen-bond donors (Lipinski definition) is 2. The zero-order chi connectivity index (χ0) is 24.9. The van der Waals surface area contributed by atoms with Crippen LogP contribution in [-0.4, -0.2) is 22.6 Å². The van der Waals surface area contributed by atoms with Gasteiger partial charge in [-0.2, -0.15) is 0 Å². The molecular formula is C32H43N3O. The summed E-state index contributed by atoms with van der Waals surface area (Å²) < 4.78 is 2.46. The average Bonchev–Trinajstić information content (AvgIpc) is 3.26. The van der Waals surface area contributed by atoms with Gasteiger partial charge in [-0.25, -0.2) is 0 Å². The first kappa shape index (κ1) is 25.1. The van der Waals surface area contributed by atoms with E-state index in [9.17, 15) is 4.79 Å². The van der Waals surface area contributed by atoms with E-state index in [-0.39, 0.29) is 23.9 Å². The van der Waals surface area contributed by atoms with Gasteiger partial charge in [-0.15, -0.1) is 0 Å². The van der Waals surface area contributed by atoms with Crippen molar-refractivity contribution in [3.05, 3.63) is 71.4 Å². The van der Waals surface area contributed by atoms with E-state index in [0.717, 1.165) is 38.1 Å². The molecule has 4 heteroatoms. The van der Waals surface area contributed by atoms with Gasteiger partial charge in [0, 0.05) is 48.1 Å². The summed E-state index contributed by atoms with van der Waals surface area (Å²) in [6.07, 6.45) is 15.0. The summed E-state index contributed by atoms with van der Waals surface area (Å²) in [6.45, 7) is 3.19. The van der Waals surface area contributed by atoms with E-state index in [2.05, 4.69) is 71.5 Å². The van der Waals surface area contributed by atoms with Gasteiger partial charge in [0.1, 0.15) is 0 Å². The fourth-order valence-corrected chi connectivity index (χ4v) is 6.57. The van der Waals surface area contributed by atoms with Gasteiger partial charge in [0.15, 0.2) is 0 Å². The molecule has 0 aliphatic heterocycles. The number of carbonyl (C=O) groups excluding carboxylic acids is 1. The van der Waals surface area contributed by atoms with E-state index in [0.29, 0.717) is 6.42 Å². The third kappa shape index (κ3) is 6.03. The molecule has 1 heterocycles. The lowest BCUT2D eigenvalue weighted by Crippen LogP contribution is -2.40. The minimum atomic E-state index is 0.0385.